The lowest BCUT2D eigenvalue weighted by molar-refractivity contribution is -0.140. The number of aryl methyl sites for hydroxylation is 2. The van der Waals surface area contributed by atoms with E-state index in [4.69, 9.17) is 0 Å². The van der Waals surface area contributed by atoms with Gasteiger partial charge in [-0.3, -0.25) is 4.79 Å². The van der Waals surface area contributed by atoms with Crippen molar-refractivity contribution in [3.63, 3.8) is 0 Å². The van der Waals surface area contributed by atoms with Gasteiger partial charge in [-0.25, -0.2) is 4.98 Å². The summed E-state index contributed by atoms with van der Waals surface area (Å²) in [4.78, 5) is 15.3. The summed E-state index contributed by atoms with van der Waals surface area (Å²) < 4.78 is 38.7. The molecule has 0 aliphatic heterocycles. The third kappa shape index (κ3) is 3.33. The maximum atomic E-state index is 12.9. The van der Waals surface area contributed by atoms with E-state index in [1.807, 2.05) is 0 Å². The Bertz CT molecular complexity index is 685. The maximum absolute atomic E-state index is 12.9. The summed E-state index contributed by atoms with van der Waals surface area (Å²) in [6, 6.07) is 2.82. The van der Waals surface area contributed by atoms with Gasteiger partial charge in [0.2, 0.25) is 0 Å². The number of carbonyl (C=O) groups excluding carboxylic acids is 1. The molecule has 2 aromatic heterocycles. The Kier molecular flexibility index (Phi) is 3.88. The van der Waals surface area contributed by atoms with E-state index in [1.165, 1.54) is 25.3 Å². The highest BCUT2D eigenvalue weighted by Gasteiger charge is 2.36. The van der Waals surface area contributed by atoms with E-state index in [2.05, 4.69) is 20.5 Å². The summed E-state index contributed by atoms with van der Waals surface area (Å²) in [6.45, 7) is 3.09. The van der Waals surface area contributed by atoms with Gasteiger partial charge < -0.3 is 5.32 Å². The molecule has 0 saturated heterocycles. The molecule has 0 bridgehead atoms. The van der Waals surface area contributed by atoms with Crippen molar-refractivity contribution in [1.29, 1.82) is 0 Å². The highest BCUT2D eigenvalue weighted by Crippen LogP contribution is 2.34. The first-order chi connectivity index (χ1) is 9.79. The fourth-order valence-corrected chi connectivity index (χ4v) is 1.71. The number of anilines is 1. The van der Waals surface area contributed by atoms with Gasteiger partial charge in [0.15, 0.2) is 5.69 Å². The third-order valence-electron chi connectivity index (χ3n) is 2.71. The van der Waals surface area contributed by atoms with Crippen LogP contribution in [0.4, 0.5) is 18.9 Å². The van der Waals surface area contributed by atoms with Gasteiger partial charge in [0.1, 0.15) is 0 Å². The fraction of sp³-hybridized carbons (Fsp3) is 0.231. The second-order valence-corrected chi connectivity index (χ2v) is 4.39. The molecule has 2 rings (SSSR count). The van der Waals surface area contributed by atoms with E-state index < -0.39 is 17.8 Å². The lowest BCUT2D eigenvalue weighted by Crippen LogP contribution is -2.19. The Morgan fingerprint density at radius 3 is 2.62 bits per heavy atom. The van der Waals surface area contributed by atoms with E-state index in [-0.39, 0.29) is 16.8 Å². The van der Waals surface area contributed by atoms with Crippen LogP contribution >= 0.6 is 0 Å². The number of pyridine rings is 1. The normalized spacial score (nSPS) is 11.3. The van der Waals surface area contributed by atoms with Crippen molar-refractivity contribution in [1.82, 2.24) is 15.2 Å². The van der Waals surface area contributed by atoms with Gasteiger partial charge in [0.05, 0.1) is 23.1 Å². The van der Waals surface area contributed by atoms with Crippen LogP contribution in [0.2, 0.25) is 0 Å². The standard InChI is InChI=1S/C13H11F3N4O/c1-7-3-4-17-11(13(14,15)16)10(7)19-12(21)9-5-8(2)20-18-6-9/h3-6H,1-2H3,(H,19,21). The molecule has 1 N–H and O–H groups in total. The largest absolute Gasteiger partial charge is 0.435 e. The first kappa shape index (κ1) is 14.9. The lowest BCUT2D eigenvalue weighted by Gasteiger charge is -2.14. The Morgan fingerprint density at radius 1 is 1.29 bits per heavy atom. The van der Waals surface area contributed by atoms with Gasteiger partial charge in [-0.15, -0.1) is 0 Å². The van der Waals surface area contributed by atoms with Crippen molar-refractivity contribution >= 4 is 11.6 Å². The molecule has 0 saturated carbocycles. The van der Waals surface area contributed by atoms with Gasteiger partial charge >= 0.3 is 6.18 Å². The SMILES string of the molecule is Cc1cc(C(=O)Nc2c(C)ccnc2C(F)(F)F)cnn1. The summed E-state index contributed by atoms with van der Waals surface area (Å²) in [6.07, 6.45) is -2.42. The van der Waals surface area contributed by atoms with Gasteiger partial charge in [-0.05, 0) is 31.5 Å². The van der Waals surface area contributed by atoms with Gasteiger partial charge in [-0.2, -0.15) is 23.4 Å². The van der Waals surface area contributed by atoms with Gasteiger partial charge in [0, 0.05) is 6.20 Å². The van der Waals surface area contributed by atoms with E-state index in [0.29, 0.717) is 5.69 Å². The summed E-state index contributed by atoms with van der Waals surface area (Å²) in [5.41, 5.74) is -0.607. The molecular formula is C13H11F3N4O. The summed E-state index contributed by atoms with van der Waals surface area (Å²) in [5.74, 6) is -0.699. The number of nitrogens with zero attached hydrogens (tertiary/aromatic N) is 3. The Labute approximate surface area is 118 Å². The predicted molar refractivity (Wildman–Crippen MR) is 68.7 cm³/mol. The number of alkyl halides is 3. The van der Waals surface area contributed by atoms with Crippen LogP contribution in [0, 0.1) is 13.8 Å². The van der Waals surface area contributed by atoms with Crippen LogP contribution < -0.4 is 5.32 Å². The molecule has 8 heteroatoms. The topological polar surface area (TPSA) is 67.8 Å². The van der Waals surface area contributed by atoms with Crippen molar-refractivity contribution in [2.45, 2.75) is 20.0 Å². The van der Waals surface area contributed by atoms with Gasteiger partial charge in [-0.1, -0.05) is 0 Å². The van der Waals surface area contributed by atoms with Crippen LogP contribution in [-0.2, 0) is 6.18 Å². The van der Waals surface area contributed by atoms with Crippen molar-refractivity contribution in [3.05, 3.63) is 47.0 Å². The number of aromatic nitrogens is 3. The number of hydrogen-bond donors (Lipinski definition) is 1. The molecule has 0 unspecified atom stereocenters. The second-order valence-electron chi connectivity index (χ2n) is 4.39. The number of rotatable bonds is 2. The van der Waals surface area contributed by atoms with E-state index in [9.17, 15) is 18.0 Å². The monoisotopic (exact) mass is 296 g/mol. The molecule has 21 heavy (non-hydrogen) atoms. The first-order valence-electron chi connectivity index (χ1n) is 5.92. The summed E-state index contributed by atoms with van der Waals surface area (Å²) in [7, 11) is 0. The average molecular weight is 296 g/mol. The first-order valence-corrected chi connectivity index (χ1v) is 5.92. The number of nitrogens with one attached hydrogen (secondary N) is 1. The highest BCUT2D eigenvalue weighted by atomic mass is 19.4. The molecular weight excluding hydrogens is 285 g/mol. The maximum Gasteiger partial charge on any atom is 0.435 e. The van der Waals surface area contributed by atoms with Crippen LogP contribution in [0.3, 0.4) is 0 Å². The van der Waals surface area contributed by atoms with E-state index in [1.54, 1.807) is 6.92 Å². The molecule has 2 aromatic rings. The molecule has 0 fully saturated rings. The average Bonchev–Trinajstić information content (AvgIpc) is 2.39. The lowest BCUT2D eigenvalue weighted by atomic mass is 10.1. The van der Waals surface area contributed by atoms with Crippen molar-refractivity contribution < 1.29 is 18.0 Å². The number of amides is 1. The molecule has 0 atom stereocenters. The van der Waals surface area contributed by atoms with E-state index in [0.717, 1.165) is 6.20 Å². The molecule has 1 amide bonds. The van der Waals surface area contributed by atoms with E-state index >= 15 is 0 Å². The van der Waals surface area contributed by atoms with Crippen LogP contribution in [-0.4, -0.2) is 21.1 Å². The fourth-order valence-electron chi connectivity index (χ4n) is 1.71. The molecule has 0 aliphatic rings. The second kappa shape index (κ2) is 5.47. The third-order valence-corrected chi connectivity index (χ3v) is 2.71. The molecule has 0 aromatic carbocycles. The summed E-state index contributed by atoms with van der Waals surface area (Å²) in [5, 5.41) is 9.51. The van der Waals surface area contributed by atoms with Crippen LogP contribution in [0.1, 0.15) is 27.3 Å². The zero-order chi connectivity index (χ0) is 15.6. The van der Waals surface area contributed by atoms with Crippen molar-refractivity contribution in [2.24, 2.45) is 0 Å². The number of halogens is 3. The van der Waals surface area contributed by atoms with Crippen molar-refractivity contribution in [3.8, 4) is 0 Å². The molecule has 0 radical (unpaired) electrons. The minimum atomic E-state index is -4.65. The molecule has 5 nitrogen and oxygen atoms in total. The van der Waals surface area contributed by atoms with Crippen LogP contribution in [0.5, 0.6) is 0 Å². The molecule has 0 aliphatic carbocycles. The molecule has 2 heterocycles. The highest BCUT2D eigenvalue weighted by molar-refractivity contribution is 6.04. The molecule has 110 valence electrons. The smallest absolute Gasteiger partial charge is 0.320 e. The zero-order valence-corrected chi connectivity index (χ0v) is 11.2. The van der Waals surface area contributed by atoms with Crippen LogP contribution in [0.15, 0.2) is 24.5 Å². The Balaban J connectivity index is 2.38. The zero-order valence-electron chi connectivity index (χ0n) is 11.2. The number of hydrogen-bond acceptors (Lipinski definition) is 4. The summed E-state index contributed by atoms with van der Waals surface area (Å²) >= 11 is 0. The Morgan fingerprint density at radius 2 is 2.00 bits per heavy atom. The molecule has 0 spiro atoms. The Hall–Kier alpha value is -2.51. The van der Waals surface area contributed by atoms with Crippen molar-refractivity contribution in [2.75, 3.05) is 5.32 Å². The minimum Gasteiger partial charge on any atom is -0.320 e. The minimum absolute atomic E-state index is 0.124. The van der Waals surface area contributed by atoms with Crippen LogP contribution in [0.25, 0.3) is 0 Å². The van der Waals surface area contributed by atoms with Gasteiger partial charge in [0.25, 0.3) is 5.91 Å². The quantitative estimate of drug-likeness (QED) is 0.925. The number of carbonyl (C=O) groups is 1. The predicted octanol–water partition coefficient (Wildman–Crippen LogP) is 2.76.